The van der Waals surface area contributed by atoms with Crippen LogP contribution in [0.5, 0.6) is 0 Å². The molecule has 3 nitrogen and oxygen atoms in total. The highest BCUT2D eigenvalue weighted by Gasteiger charge is 2.16. The predicted octanol–water partition coefficient (Wildman–Crippen LogP) is 4.02. The SMILES string of the molecule is C[C@H](N[C@H](C)C(=O)Nc1ccc(Cl)cc1)c1ccccc1. The summed E-state index contributed by atoms with van der Waals surface area (Å²) < 4.78 is 0. The minimum Gasteiger partial charge on any atom is -0.325 e. The van der Waals surface area contributed by atoms with Gasteiger partial charge in [-0.2, -0.15) is 0 Å². The number of carbonyl (C=O) groups excluding carboxylic acids is 1. The number of carbonyl (C=O) groups is 1. The summed E-state index contributed by atoms with van der Waals surface area (Å²) in [6, 6.07) is 16.9. The summed E-state index contributed by atoms with van der Waals surface area (Å²) in [6.07, 6.45) is 0. The van der Waals surface area contributed by atoms with Crippen molar-refractivity contribution >= 4 is 23.2 Å². The van der Waals surface area contributed by atoms with Gasteiger partial charge in [-0.05, 0) is 43.7 Å². The molecule has 2 N–H and O–H groups in total. The van der Waals surface area contributed by atoms with Crippen molar-refractivity contribution < 1.29 is 4.79 Å². The molecule has 0 aliphatic rings. The first-order valence-corrected chi connectivity index (χ1v) is 7.31. The van der Waals surface area contributed by atoms with E-state index in [2.05, 4.69) is 10.6 Å². The first-order chi connectivity index (χ1) is 10.1. The summed E-state index contributed by atoms with van der Waals surface area (Å²) in [7, 11) is 0. The van der Waals surface area contributed by atoms with Crippen molar-refractivity contribution in [3.05, 3.63) is 65.2 Å². The highest BCUT2D eigenvalue weighted by molar-refractivity contribution is 6.30. The first kappa shape index (κ1) is 15.5. The molecule has 0 aromatic heterocycles. The molecule has 0 aliphatic carbocycles. The highest BCUT2D eigenvalue weighted by atomic mass is 35.5. The molecule has 4 heteroatoms. The van der Waals surface area contributed by atoms with Gasteiger partial charge in [0.25, 0.3) is 0 Å². The smallest absolute Gasteiger partial charge is 0.241 e. The minimum absolute atomic E-state index is 0.0693. The Kier molecular flexibility index (Phi) is 5.37. The number of benzene rings is 2. The van der Waals surface area contributed by atoms with E-state index >= 15 is 0 Å². The Morgan fingerprint density at radius 2 is 1.62 bits per heavy atom. The van der Waals surface area contributed by atoms with Crippen LogP contribution < -0.4 is 10.6 Å². The Morgan fingerprint density at radius 3 is 2.24 bits per heavy atom. The van der Waals surface area contributed by atoms with E-state index in [1.54, 1.807) is 24.3 Å². The quantitative estimate of drug-likeness (QED) is 0.876. The summed E-state index contributed by atoms with van der Waals surface area (Å²) in [6.45, 7) is 3.89. The van der Waals surface area contributed by atoms with E-state index in [9.17, 15) is 4.79 Å². The molecule has 1 amide bonds. The number of halogens is 1. The van der Waals surface area contributed by atoms with Crippen molar-refractivity contribution in [3.63, 3.8) is 0 Å². The van der Waals surface area contributed by atoms with Crippen LogP contribution in [0.1, 0.15) is 25.5 Å². The number of anilines is 1. The van der Waals surface area contributed by atoms with Crippen molar-refractivity contribution in [2.24, 2.45) is 0 Å². The second-order valence-electron chi connectivity index (χ2n) is 5.02. The number of nitrogens with one attached hydrogen (secondary N) is 2. The largest absolute Gasteiger partial charge is 0.325 e. The number of hydrogen-bond acceptors (Lipinski definition) is 2. The molecule has 0 saturated carbocycles. The van der Waals surface area contributed by atoms with Crippen LogP contribution in [-0.4, -0.2) is 11.9 Å². The van der Waals surface area contributed by atoms with E-state index in [0.717, 1.165) is 11.3 Å². The summed E-state index contributed by atoms with van der Waals surface area (Å²) in [4.78, 5) is 12.2. The van der Waals surface area contributed by atoms with Crippen LogP contribution in [0.2, 0.25) is 5.02 Å². The fourth-order valence-electron chi connectivity index (χ4n) is 2.07. The first-order valence-electron chi connectivity index (χ1n) is 6.93. The summed E-state index contributed by atoms with van der Waals surface area (Å²) in [5, 5.41) is 6.80. The molecule has 0 unspecified atom stereocenters. The summed E-state index contributed by atoms with van der Waals surface area (Å²) in [5.74, 6) is -0.0693. The highest BCUT2D eigenvalue weighted by Crippen LogP contribution is 2.15. The van der Waals surface area contributed by atoms with Gasteiger partial charge < -0.3 is 5.32 Å². The molecule has 2 aromatic carbocycles. The molecule has 2 rings (SSSR count). The van der Waals surface area contributed by atoms with Crippen molar-refractivity contribution in [2.45, 2.75) is 25.9 Å². The normalized spacial score (nSPS) is 13.5. The van der Waals surface area contributed by atoms with E-state index in [1.165, 1.54) is 0 Å². The van der Waals surface area contributed by atoms with Gasteiger partial charge in [-0.15, -0.1) is 0 Å². The number of hydrogen-bond donors (Lipinski definition) is 2. The second-order valence-corrected chi connectivity index (χ2v) is 5.45. The molecule has 21 heavy (non-hydrogen) atoms. The Labute approximate surface area is 130 Å². The third kappa shape index (κ3) is 4.59. The molecular weight excluding hydrogens is 284 g/mol. The monoisotopic (exact) mass is 302 g/mol. The van der Waals surface area contributed by atoms with Crippen LogP contribution in [0.15, 0.2) is 54.6 Å². The Bertz CT molecular complexity index is 583. The maximum Gasteiger partial charge on any atom is 0.241 e. The van der Waals surface area contributed by atoms with Crippen molar-refractivity contribution in [3.8, 4) is 0 Å². The predicted molar refractivity (Wildman–Crippen MR) is 87.5 cm³/mol. The van der Waals surface area contributed by atoms with Crippen LogP contribution in [0.3, 0.4) is 0 Å². The molecule has 110 valence electrons. The topological polar surface area (TPSA) is 41.1 Å². The average molecular weight is 303 g/mol. The van der Waals surface area contributed by atoms with Gasteiger partial charge in [0.05, 0.1) is 6.04 Å². The van der Waals surface area contributed by atoms with E-state index in [0.29, 0.717) is 5.02 Å². The second kappa shape index (κ2) is 7.25. The fourth-order valence-corrected chi connectivity index (χ4v) is 2.20. The van der Waals surface area contributed by atoms with Gasteiger partial charge in [-0.25, -0.2) is 0 Å². The van der Waals surface area contributed by atoms with Crippen LogP contribution in [0, 0.1) is 0 Å². The van der Waals surface area contributed by atoms with Crippen LogP contribution >= 0.6 is 11.6 Å². The van der Waals surface area contributed by atoms with E-state index < -0.39 is 0 Å². The molecular formula is C17H19ClN2O. The van der Waals surface area contributed by atoms with E-state index in [4.69, 9.17) is 11.6 Å². The zero-order valence-electron chi connectivity index (χ0n) is 12.1. The maximum absolute atomic E-state index is 12.2. The fraction of sp³-hybridized carbons (Fsp3) is 0.235. The number of amides is 1. The lowest BCUT2D eigenvalue weighted by atomic mass is 10.1. The molecule has 2 atom stereocenters. The standard InChI is InChI=1S/C17H19ClN2O/c1-12(14-6-4-3-5-7-14)19-13(2)17(21)20-16-10-8-15(18)9-11-16/h3-13,19H,1-2H3,(H,20,21)/t12-,13+/m0/s1. The molecule has 0 saturated heterocycles. The van der Waals surface area contributed by atoms with E-state index in [-0.39, 0.29) is 18.0 Å². The van der Waals surface area contributed by atoms with Gasteiger partial charge in [0, 0.05) is 16.8 Å². The molecule has 0 fully saturated rings. The van der Waals surface area contributed by atoms with Crippen molar-refractivity contribution in [1.82, 2.24) is 5.32 Å². The van der Waals surface area contributed by atoms with E-state index in [1.807, 2.05) is 44.2 Å². The third-order valence-corrected chi connectivity index (χ3v) is 3.56. The van der Waals surface area contributed by atoms with Crippen LogP contribution in [0.25, 0.3) is 0 Å². The maximum atomic E-state index is 12.2. The Morgan fingerprint density at radius 1 is 1.00 bits per heavy atom. The van der Waals surface area contributed by atoms with Crippen molar-refractivity contribution in [1.29, 1.82) is 0 Å². The van der Waals surface area contributed by atoms with Gasteiger partial charge in [-0.1, -0.05) is 41.9 Å². The molecule has 0 heterocycles. The third-order valence-electron chi connectivity index (χ3n) is 3.30. The lowest BCUT2D eigenvalue weighted by Crippen LogP contribution is -2.39. The lowest BCUT2D eigenvalue weighted by molar-refractivity contribution is -0.117. The minimum atomic E-state index is -0.295. The summed E-state index contributed by atoms with van der Waals surface area (Å²) >= 11 is 5.82. The van der Waals surface area contributed by atoms with Gasteiger partial charge in [0.2, 0.25) is 5.91 Å². The zero-order valence-corrected chi connectivity index (χ0v) is 12.9. The van der Waals surface area contributed by atoms with Gasteiger partial charge >= 0.3 is 0 Å². The molecule has 0 spiro atoms. The van der Waals surface area contributed by atoms with Crippen LogP contribution in [0.4, 0.5) is 5.69 Å². The lowest BCUT2D eigenvalue weighted by Gasteiger charge is -2.20. The average Bonchev–Trinajstić information content (AvgIpc) is 2.50. The van der Waals surface area contributed by atoms with Gasteiger partial charge in [0.15, 0.2) is 0 Å². The summed E-state index contributed by atoms with van der Waals surface area (Å²) in [5.41, 5.74) is 1.90. The molecule has 0 radical (unpaired) electrons. The Balaban J connectivity index is 1.92. The van der Waals surface area contributed by atoms with Gasteiger partial charge in [0.1, 0.15) is 0 Å². The van der Waals surface area contributed by atoms with Crippen molar-refractivity contribution in [2.75, 3.05) is 5.32 Å². The van der Waals surface area contributed by atoms with Crippen LogP contribution in [-0.2, 0) is 4.79 Å². The van der Waals surface area contributed by atoms with Gasteiger partial charge in [-0.3, -0.25) is 10.1 Å². The zero-order chi connectivity index (χ0) is 15.2. The molecule has 2 aromatic rings. The Hall–Kier alpha value is -1.84. The molecule has 0 bridgehead atoms. The molecule has 0 aliphatic heterocycles. The number of rotatable bonds is 5.